The number of benzene rings is 2. The summed E-state index contributed by atoms with van der Waals surface area (Å²) in [5, 5.41) is 10.7. The fourth-order valence-electron chi connectivity index (χ4n) is 4.36. The molecule has 4 nitrogen and oxygen atoms in total. The summed E-state index contributed by atoms with van der Waals surface area (Å²) in [7, 11) is 0. The normalized spacial score (nSPS) is 16.6. The van der Waals surface area contributed by atoms with Gasteiger partial charge < -0.3 is 14.7 Å². The van der Waals surface area contributed by atoms with Crippen molar-refractivity contribution in [3.8, 4) is 5.75 Å². The van der Waals surface area contributed by atoms with E-state index in [1.165, 1.54) is 16.8 Å². The molecule has 1 atom stereocenters. The first kappa shape index (κ1) is 25.6. The molecule has 2 aromatic rings. The standard InChI is InChI=1S/C29H44N2O2/c1-7-28(3,4)23-14-15-27(26(20-23)29(5,6)8-2)33-22-25(32)21-30-16-18-31(19-17-30)24-12-10-9-11-13-24/h9-15,20,25,32H,7-8,16-19,21-22H2,1-6H3/t25-/m0/s1. The minimum absolute atomic E-state index is 0.0217. The first-order valence-electron chi connectivity index (χ1n) is 12.6. The molecule has 1 heterocycles. The van der Waals surface area contributed by atoms with Gasteiger partial charge >= 0.3 is 0 Å². The van der Waals surface area contributed by atoms with Gasteiger partial charge in [0.15, 0.2) is 0 Å². The molecule has 1 saturated heterocycles. The summed E-state index contributed by atoms with van der Waals surface area (Å²) in [6.45, 7) is 18.5. The Kier molecular flexibility index (Phi) is 8.47. The van der Waals surface area contributed by atoms with Crippen LogP contribution in [0.25, 0.3) is 0 Å². The van der Waals surface area contributed by atoms with Gasteiger partial charge in [-0.25, -0.2) is 0 Å². The summed E-state index contributed by atoms with van der Waals surface area (Å²) in [6, 6.07) is 17.2. The molecule has 2 aromatic carbocycles. The molecular weight excluding hydrogens is 408 g/mol. The van der Waals surface area contributed by atoms with Crippen molar-refractivity contribution in [2.24, 2.45) is 0 Å². The summed E-state index contributed by atoms with van der Waals surface area (Å²) in [6.07, 6.45) is 1.63. The Morgan fingerprint density at radius 1 is 0.879 bits per heavy atom. The fraction of sp³-hybridized carbons (Fsp3) is 0.586. The Morgan fingerprint density at radius 2 is 1.52 bits per heavy atom. The number of piperazine rings is 1. The number of aliphatic hydroxyl groups excluding tert-OH is 1. The molecule has 33 heavy (non-hydrogen) atoms. The zero-order chi connectivity index (χ0) is 24.1. The van der Waals surface area contributed by atoms with Crippen molar-refractivity contribution < 1.29 is 9.84 Å². The summed E-state index contributed by atoms with van der Waals surface area (Å²) in [5.41, 5.74) is 4.03. The largest absolute Gasteiger partial charge is 0.491 e. The minimum Gasteiger partial charge on any atom is -0.491 e. The lowest BCUT2D eigenvalue weighted by atomic mass is 9.76. The topological polar surface area (TPSA) is 35.9 Å². The van der Waals surface area contributed by atoms with E-state index >= 15 is 0 Å². The lowest BCUT2D eigenvalue weighted by Crippen LogP contribution is -2.49. The summed E-state index contributed by atoms with van der Waals surface area (Å²) < 4.78 is 6.23. The highest BCUT2D eigenvalue weighted by Crippen LogP contribution is 2.38. The number of hydrogen-bond donors (Lipinski definition) is 1. The zero-order valence-electron chi connectivity index (χ0n) is 21.6. The van der Waals surface area contributed by atoms with Crippen molar-refractivity contribution in [3.63, 3.8) is 0 Å². The van der Waals surface area contributed by atoms with Crippen LogP contribution in [0.5, 0.6) is 5.75 Å². The van der Waals surface area contributed by atoms with E-state index in [1.54, 1.807) is 0 Å². The van der Waals surface area contributed by atoms with E-state index in [0.29, 0.717) is 13.2 Å². The number of β-amino-alcohol motifs (C(OH)–C–C–N with tert-alkyl or cyclic N) is 1. The molecule has 1 fully saturated rings. The molecule has 0 amide bonds. The van der Waals surface area contributed by atoms with Crippen molar-refractivity contribution in [1.29, 1.82) is 0 Å². The van der Waals surface area contributed by atoms with Gasteiger partial charge in [0, 0.05) is 44.0 Å². The third-order valence-corrected chi connectivity index (χ3v) is 7.65. The van der Waals surface area contributed by atoms with E-state index in [1.807, 2.05) is 0 Å². The number of hydrogen-bond acceptors (Lipinski definition) is 4. The molecule has 1 aliphatic rings. The lowest BCUT2D eigenvalue weighted by Gasteiger charge is -2.37. The molecule has 1 aliphatic heterocycles. The second-order valence-corrected chi connectivity index (χ2v) is 10.8. The van der Waals surface area contributed by atoms with E-state index in [-0.39, 0.29) is 10.8 Å². The average Bonchev–Trinajstić information content (AvgIpc) is 2.83. The molecule has 0 radical (unpaired) electrons. The molecule has 1 N–H and O–H groups in total. The number of rotatable bonds is 10. The molecule has 0 bridgehead atoms. The third kappa shape index (κ3) is 6.51. The number of para-hydroxylation sites is 1. The van der Waals surface area contributed by atoms with Crippen molar-refractivity contribution in [3.05, 3.63) is 59.7 Å². The van der Waals surface area contributed by atoms with Crippen LogP contribution in [0.2, 0.25) is 0 Å². The zero-order valence-corrected chi connectivity index (χ0v) is 21.6. The van der Waals surface area contributed by atoms with Gasteiger partial charge in [0.05, 0.1) is 0 Å². The molecule has 0 unspecified atom stereocenters. The molecule has 0 aliphatic carbocycles. The summed E-state index contributed by atoms with van der Waals surface area (Å²) >= 11 is 0. The maximum atomic E-state index is 10.7. The fourth-order valence-corrected chi connectivity index (χ4v) is 4.36. The van der Waals surface area contributed by atoms with Crippen molar-refractivity contribution in [1.82, 2.24) is 4.90 Å². The summed E-state index contributed by atoms with van der Waals surface area (Å²) in [4.78, 5) is 4.76. The number of anilines is 1. The maximum Gasteiger partial charge on any atom is 0.123 e. The molecule has 3 rings (SSSR count). The van der Waals surface area contributed by atoms with Crippen LogP contribution in [0.3, 0.4) is 0 Å². The van der Waals surface area contributed by atoms with Crippen LogP contribution in [0.1, 0.15) is 65.5 Å². The lowest BCUT2D eigenvalue weighted by molar-refractivity contribution is 0.0655. The van der Waals surface area contributed by atoms with E-state index in [0.717, 1.165) is 44.8 Å². The van der Waals surface area contributed by atoms with Gasteiger partial charge in [-0.1, -0.05) is 71.9 Å². The van der Waals surface area contributed by atoms with E-state index in [2.05, 4.69) is 99.9 Å². The average molecular weight is 453 g/mol. The van der Waals surface area contributed by atoms with E-state index in [4.69, 9.17) is 4.74 Å². The third-order valence-electron chi connectivity index (χ3n) is 7.65. The van der Waals surface area contributed by atoms with Crippen LogP contribution in [0, 0.1) is 0 Å². The maximum absolute atomic E-state index is 10.7. The highest BCUT2D eigenvalue weighted by Gasteiger charge is 2.27. The Labute approximate surface area is 201 Å². The monoisotopic (exact) mass is 452 g/mol. The van der Waals surface area contributed by atoms with Crippen LogP contribution in [0.15, 0.2) is 48.5 Å². The Morgan fingerprint density at radius 3 is 2.12 bits per heavy atom. The van der Waals surface area contributed by atoms with Crippen molar-refractivity contribution >= 4 is 5.69 Å². The van der Waals surface area contributed by atoms with Crippen molar-refractivity contribution in [2.45, 2.75) is 71.3 Å². The number of aliphatic hydroxyl groups is 1. The van der Waals surface area contributed by atoms with Gasteiger partial charge in [0.1, 0.15) is 18.5 Å². The van der Waals surface area contributed by atoms with Crippen LogP contribution in [-0.2, 0) is 10.8 Å². The minimum atomic E-state index is -0.502. The first-order valence-corrected chi connectivity index (χ1v) is 12.6. The smallest absolute Gasteiger partial charge is 0.123 e. The molecule has 182 valence electrons. The van der Waals surface area contributed by atoms with Crippen LogP contribution < -0.4 is 9.64 Å². The van der Waals surface area contributed by atoms with E-state index < -0.39 is 6.10 Å². The highest BCUT2D eigenvalue weighted by molar-refractivity contribution is 5.46. The molecule has 4 heteroatoms. The quantitative estimate of drug-likeness (QED) is 0.507. The van der Waals surface area contributed by atoms with Gasteiger partial charge in [-0.3, -0.25) is 4.90 Å². The number of ether oxygens (including phenoxy) is 1. The SMILES string of the molecule is CCC(C)(C)c1ccc(OC[C@@H](O)CN2CCN(c3ccccc3)CC2)c(C(C)(C)CC)c1. The van der Waals surface area contributed by atoms with Crippen LogP contribution >= 0.6 is 0 Å². The number of nitrogens with zero attached hydrogens (tertiary/aromatic N) is 2. The Balaban J connectivity index is 1.59. The second-order valence-electron chi connectivity index (χ2n) is 10.8. The first-order chi connectivity index (χ1) is 15.7. The van der Waals surface area contributed by atoms with Gasteiger partial charge in [0.25, 0.3) is 0 Å². The molecule has 0 saturated carbocycles. The van der Waals surface area contributed by atoms with Gasteiger partial charge in [-0.2, -0.15) is 0 Å². The predicted molar refractivity (Wildman–Crippen MR) is 140 cm³/mol. The molecular formula is C29H44N2O2. The Bertz CT molecular complexity index is 870. The van der Waals surface area contributed by atoms with Gasteiger partial charge in [-0.15, -0.1) is 0 Å². The summed E-state index contributed by atoms with van der Waals surface area (Å²) in [5.74, 6) is 0.908. The van der Waals surface area contributed by atoms with Gasteiger partial charge in [-0.05, 0) is 47.4 Å². The second kappa shape index (κ2) is 10.9. The molecule has 0 aromatic heterocycles. The Hall–Kier alpha value is -2.04. The predicted octanol–water partition coefficient (Wildman–Crippen LogP) is 5.62. The van der Waals surface area contributed by atoms with Crippen LogP contribution in [-0.4, -0.2) is 55.4 Å². The van der Waals surface area contributed by atoms with E-state index in [9.17, 15) is 5.11 Å². The van der Waals surface area contributed by atoms with Gasteiger partial charge in [0.2, 0.25) is 0 Å². The van der Waals surface area contributed by atoms with Crippen LogP contribution in [0.4, 0.5) is 5.69 Å². The van der Waals surface area contributed by atoms with Crippen molar-refractivity contribution in [2.75, 3.05) is 44.2 Å². The highest BCUT2D eigenvalue weighted by atomic mass is 16.5. The molecule has 0 spiro atoms.